The molecule has 1 aliphatic rings. The van der Waals surface area contributed by atoms with Crippen molar-refractivity contribution in [2.45, 2.75) is 6.92 Å². The molecule has 1 aromatic rings. The van der Waals surface area contributed by atoms with Gasteiger partial charge in [0, 0.05) is 33.1 Å². The third-order valence-corrected chi connectivity index (χ3v) is 3.85. The van der Waals surface area contributed by atoms with E-state index < -0.39 is 5.97 Å². The highest BCUT2D eigenvalue weighted by atomic mass is 16.6. The molecule has 8 nitrogen and oxygen atoms in total. The van der Waals surface area contributed by atoms with Crippen LogP contribution in [0.2, 0.25) is 0 Å². The number of hydrogen-bond donors (Lipinski definition) is 0. The summed E-state index contributed by atoms with van der Waals surface area (Å²) in [6.07, 6.45) is 0. The zero-order chi connectivity index (χ0) is 18.2. The molecule has 0 N–H and O–H groups in total. The fourth-order valence-electron chi connectivity index (χ4n) is 2.36. The van der Waals surface area contributed by atoms with E-state index in [1.165, 1.54) is 6.92 Å². The SMILES string of the molecule is COc1ccc(OCC(=O)OCC(=O)N2CCN(C(C)=O)CC2)cc1. The van der Waals surface area contributed by atoms with E-state index in [0.717, 1.165) is 0 Å². The van der Waals surface area contributed by atoms with Crippen molar-refractivity contribution < 1.29 is 28.6 Å². The summed E-state index contributed by atoms with van der Waals surface area (Å²) >= 11 is 0. The molecular weight excluding hydrogens is 328 g/mol. The molecule has 8 heteroatoms. The second-order valence-corrected chi connectivity index (χ2v) is 5.51. The van der Waals surface area contributed by atoms with Crippen LogP contribution in [0.25, 0.3) is 0 Å². The average molecular weight is 350 g/mol. The second-order valence-electron chi connectivity index (χ2n) is 5.51. The quantitative estimate of drug-likeness (QED) is 0.687. The minimum atomic E-state index is -0.619. The Morgan fingerprint density at radius 2 is 1.48 bits per heavy atom. The van der Waals surface area contributed by atoms with Gasteiger partial charge in [-0.05, 0) is 24.3 Å². The molecule has 136 valence electrons. The van der Waals surface area contributed by atoms with Crippen LogP contribution < -0.4 is 9.47 Å². The van der Waals surface area contributed by atoms with E-state index in [1.54, 1.807) is 41.2 Å². The summed E-state index contributed by atoms with van der Waals surface area (Å²) in [5.74, 6) is 0.288. The molecule has 1 heterocycles. The van der Waals surface area contributed by atoms with Crippen LogP contribution in [0.15, 0.2) is 24.3 Å². The van der Waals surface area contributed by atoms with Crippen LogP contribution in [0, 0.1) is 0 Å². The van der Waals surface area contributed by atoms with E-state index >= 15 is 0 Å². The van der Waals surface area contributed by atoms with E-state index in [9.17, 15) is 14.4 Å². The normalized spacial score (nSPS) is 14.0. The highest BCUT2D eigenvalue weighted by Gasteiger charge is 2.23. The lowest BCUT2D eigenvalue weighted by atomic mass is 10.3. The molecule has 0 unspecified atom stereocenters. The first-order valence-corrected chi connectivity index (χ1v) is 7.95. The molecule has 0 bridgehead atoms. The van der Waals surface area contributed by atoms with E-state index in [0.29, 0.717) is 37.7 Å². The maximum absolute atomic E-state index is 12.0. The number of carbonyl (C=O) groups excluding carboxylic acids is 3. The third-order valence-electron chi connectivity index (χ3n) is 3.85. The zero-order valence-electron chi connectivity index (χ0n) is 14.4. The topological polar surface area (TPSA) is 85.4 Å². The number of benzene rings is 1. The minimum absolute atomic E-state index is 0.00536. The summed E-state index contributed by atoms with van der Waals surface area (Å²) in [6.45, 7) is 2.77. The monoisotopic (exact) mass is 350 g/mol. The summed E-state index contributed by atoms with van der Waals surface area (Å²) in [6, 6.07) is 6.77. The molecule has 1 saturated heterocycles. The molecule has 1 aliphatic heterocycles. The number of ether oxygens (including phenoxy) is 3. The number of methoxy groups -OCH3 is 1. The van der Waals surface area contributed by atoms with Gasteiger partial charge in [-0.1, -0.05) is 0 Å². The van der Waals surface area contributed by atoms with Crippen LogP contribution in [-0.4, -0.2) is 74.1 Å². The van der Waals surface area contributed by atoms with Crippen molar-refractivity contribution in [3.05, 3.63) is 24.3 Å². The van der Waals surface area contributed by atoms with Gasteiger partial charge in [-0.3, -0.25) is 9.59 Å². The average Bonchev–Trinajstić information content (AvgIpc) is 2.64. The lowest BCUT2D eigenvalue weighted by molar-refractivity contribution is -0.154. The van der Waals surface area contributed by atoms with Crippen LogP contribution in [-0.2, 0) is 19.1 Å². The number of esters is 1. The number of piperazine rings is 1. The predicted molar refractivity (Wildman–Crippen MR) is 88.3 cm³/mol. The first-order chi connectivity index (χ1) is 12.0. The number of rotatable bonds is 6. The van der Waals surface area contributed by atoms with E-state index in [1.807, 2.05) is 0 Å². The Labute approximate surface area is 146 Å². The van der Waals surface area contributed by atoms with Gasteiger partial charge in [-0.25, -0.2) is 4.79 Å². The van der Waals surface area contributed by atoms with Crippen molar-refractivity contribution in [1.29, 1.82) is 0 Å². The number of nitrogens with zero attached hydrogens (tertiary/aromatic N) is 2. The molecule has 0 saturated carbocycles. The number of carbonyl (C=O) groups is 3. The Bertz CT molecular complexity index is 608. The van der Waals surface area contributed by atoms with Crippen molar-refractivity contribution in [3.63, 3.8) is 0 Å². The van der Waals surface area contributed by atoms with Crippen molar-refractivity contribution in [2.75, 3.05) is 46.5 Å². The Morgan fingerprint density at radius 1 is 0.920 bits per heavy atom. The zero-order valence-corrected chi connectivity index (χ0v) is 14.4. The van der Waals surface area contributed by atoms with Gasteiger partial charge in [-0.2, -0.15) is 0 Å². The van der Waals surface area contributed by atoms with E-state index in [2.05, 4.69) is 0 Å². The molecule has 0 aliphatic carbocycles. The Balaban J connectivity index is 1.67. The van der Waals surface area contributed by atoms with E-state index in [4.69, 9.17) is 14.2 Å². The summed E-state index contributed by atoms with van der Waals surface area (Å²) in [5, 5.41) is 0. The van der Waals surface area contributed by atoms with Gasteiger partial charge in [0.25, 0.3) is 5.91 Å². The van der Waals surface area contributed by atoms with Crippen LogP contribution in [0.3, 0.4) is 0 Å². The highest BCUT2D eigenvalue weighted by Crippen LogP contribution is 2.16. The van der Waals surface area contributed by atoms with Gasteiger partial charge in [0.15, 0.2) is 13.2 Å². The van der Waals surface area contributed by atoms with Gasteiger partial charge in [0.1, 0.15) is 11.5 Å². The van der Waals surface area contributed by atoms with Gasteiger partial charge in [0.05, 0.1) is 7.11 Å². The molecular formula is C17H22N2O6. The van der Waals surface area contributed by atoms with Crippen LogP contribution in [0.5, 0.6) is 11.5 Å². The third kappa shape index (κ3) is 5.66. The van der Waals surface area contributed by atoms with Gasteiger partial charge in [0.2, 0.25) is 5.91 Å². The largest absolute Gasteiger partial charge is 0.497 e. The van der Waals surface area contributed by atoms with Crippen molar-refractivity contribution in [3.8, 4) is 11.5 Å². The standard InChI is InChI=1S/C17H22N2O6/c1-13(20)18-7-9-19(10-8-18)16(21)11-25-17(22)12-24-15-5-3-14(23-2)4-6-15/h3-6H,7-12H2,1-2H3. The first-order valence-electron chi connectivity index (χ1n) is 7.95. The molecule has 0 radical (unpaired) electrons. The fourth-order valence-corrected chi connectivity index (χ4v) is 2.36. The molecule has 2 rings (SSSR count). The number of amides is 2. The smallest absolute Gasteiger partial charge is 0.344 e. The fraction of sp³-hybridized carbons (Fsp3) is 0.471. The maximum Gasteiger partial charge on any atom is 0.344 e. The van der Waals surface area contributed by atoms with Crippen LogP contribution in [0.4, 0.5) is 0 Å². The van der Waals surface area contributed by atoms with Gasteiger partial charge < -0.3 is 24.0 Å². The lowest BCUT2D eigenvalue weighted by Crippen LogP contribution is -2.51. The number of hydrogen-bond acceptors (Lipinski definition) is 6. The summed E-state index contributed by atoms with van der Waals surface area (Å²) in [4.78, 5) is 38.2. The molecule has 0 spiro atoms. The van der Waals surface area contributed by atoms with Gasteiger partial charge in [-0.15, -0.1) is 0 Å². The first kappa shape index (κ1) is 18.6. The Kier molecular flexibility index (Phi) is 6.62. The molecule has 1 aromatic carbocycles. The Morgan fingerprint density at radius 3 is 2.04 bits per heavy atom. The minimum Gasteiger partial charge on any atom is -0.497 e. The van der Waals surface area contributed by atoms with Crippen molar-refractivity contribution >= 4 is 17.8 Å². The van der Waals surface area contributed by atoms with Crippen molar-refractivity contribution in [1.82, 2.24) is 9.80 Å². The maximum atomic E-state index is 12.0. The second kappa shape index (κ2) is 8.91. The van der Waals surface area contributed by atoms with Gasteiger partial charge >= 0.3 is 5.97 Å². The summed E-state index contributed by atoms with van der Waals surface area (Å²) in [5.41, 5.74) is 0. The van der Waals surface area contributed by atoms with Crippen LogP contribution in [0.1, 0.15) is 6.92 Å². The summed E-state index contributed by atoms with van der Waals surface area (Å²) < 4.78 is 15.2. The summed E-state index contributed by atoms with van der Waals surface area (Å²) in [7, 11) is 1.56. The Hall–Kier alpha value is -2.77. The molecule has 0 aromatic heterocycles. The highest BCUT2D eigenvalue weighted by molar-refractivity contribution is 5.81. The van der Waals surface area contributed by atoms with Crippen LogP contribution >= 0.6 is 0 Å². The molecule has 2 amide bonds. The van der Waals surface area contributed by atoms with E-state index in [-0.39, 0.29) is 25.0 Å². The van der Waals surface area contributed by atoms with Crippen molar-refractivity contribution in [2.24, 2.45) is 0 Å². The molecule has 1 fully saturated rings. The predicted octanol–water partition coefficient (Wildman–Crippen LogP) is 0.308. The molecule has 25 heavy (non-hydrogen) atoms. The molecule has 0 atom stereocenters. The lowest BCUT2D eigenvalue weighted by Gasteiger charge is -2.34.